The zero-order valence-corrected chi connectivity index (χ0v) is 12.0. The van der Waals surface area contributed by atoms with E-state index in [-0.39, 0.29) is 11.4 Å². The molecule has 1 aromatic rings. The van der Waals surface area contributed by atoms with Crippen molar-refractivity contribution >= 4 is 5.91 Å². The van der Waals surface area contributed by atoms with Crippen LogP contribution < -0.4 is 5.32 Å². The van der Waals surface area contributed by atoms with Gasteiger partial charge in [-0.2, -0.15) is 0 Å². The summed E-state index contributed by atoms with van der Waals surface area (Å²) in [6.45, 7) is 4.51. The smallest absolute Gasteiger partial charge is 0.240 e. The molecule has 2 saturated heterocycles. The molecule has 0 aliphatic carbocycles. The Hall–Kier alpha value is -1.46. The SMILES string of the molecule is CN1CCNC(=O)C12CCN(Cc1ccccn1)CC2. The molecule has 3 heterocycles. The summed E-state index contributed by atoms with van der Waals surface area (Å²) in [6.07, 6.45) is 3.65. The Kier molecular flexibility index (Phi) is 3.72. The summed E-state index contributed by atoms with van der Waals surface area (Å²) in [4.78, 5) is 21.3. The number of pyridine rings is 1. The highest BCUT2D eigenvalue weighted by Gasteiger charge is 2.46. The highest BCUT2D eigenvalue weighted by molar-refractivity contribution is 5.87. The van der Waals surface area contributed by atoms with Crippen molar-refractivity contribution < 1.29 is 4.79 Å². The van der Waals surface area contributed by atoms with Crippen molar-refractivity contribution in [2.75, 3.05) is 33.2 Å². The minimum absolute atomic E-state index is 0.212. The number of hydrogen-bond acceptors (Lipinski definition) is 4. The molecule has 0 atom stereocenters. The van der Waals surface area contributed by atoms with Gasteiger partial charge in [0.05, 0.1) is 5.69 Å². The van der Waals surface area contributed by atoms with Crippen molar-refractivity contribution in [1.29, 1.82) is 0 Å². The number of nitrogens with one attached hydrogen (secondary N) is 1. The number of carbonyl (C=O) groups is 1. The quantitative estimate of drug-likeness (QED) is 0.852. The maximum absolute atomic E-state index is 12.3. The van der Waals surface area contributed by atoms with E-state index in [9.17, 15) is 4.79 Å². The van der Waals surface area contributed by atoms with Gasteiger partial charge in [-0.1, -0.05) is 6.07 Å². The highest BCUT2D eigenvalue weighted by atomic mass is 16.2. The summed E-state index contributed by atoms with van der Waals surface area (Å²) in [5.74, 6) is 0.212. The molecule has 1 amide bonds. The van der Waals surface area contributed by atoms with E-state index in [1.165, 1.54) is 0 Å². The number of aromatic nitrogens is 1. The molecule has 5 nitrogen and oxygen atoms in total. The fraction of sp³-hybridized carbons (Fsp3) is 0.600. The summed E-state index contributed by atoms with van der Waals surface area (Å²) < 4.78 is 0. The van der Waals surface area contributed by atoms with Crippen LogP contribution in [0.3, 0.4) is 0 Å². The van der Waals surface area contributed by atoms with Gasteiger partial charge in [-0.3, -0.25) is 19.6 Å². The number of piperidine rings is 1. The van der Waals surface area contributed by atoms with E-state index >= 15 is 0 Å². The Labute approximate surface area is 120 Å². The first-order valence-corrected chi connectivity index (χ1v) is 7.32. The molecule has 2 aliphatic rings. The van der Waals surface area contributed by atoms with Gasteiger partial charge in [-0.05, 0) is 32.0 Å². The highest BCUT2D eigenvalue weighted by Crippen LogP contribution is 2.30. The molecule has 3 rings (SSSR count). The van der Waals surface area contributed by atoms with Gasteiger partial charge >= 0.3 is 0 Å². The maximum Gasteiger partial charge on any atom is 0.240 e. The maximum atomic E-state index is 12.3. The lowest BCUT2D eigenvalue weighted by atomic mass is 9.83. The Balaban J connectivity index is 1.63. The topological polar surface area (TPSA) is 48.5 Å². The van der Waals surface area contributed by atoms with Gasteiger partial charge in [0.2, 0.25) is 5.91 Å². The van der Waals surface area contributed by atoms with Crippen LogP contribution in [0.1, 0.15) is 18.5 Å². The Morgan fingerprint density at radius 3 is 2.75 bits per heavy atom. The summed E-state index contributed by atoms with van der Waals surface area (Å²) in [5, 5.41) is 3.03. The molecule has 20 heavy (non-hydrogen) atoms. The Morgan fingerprint density at radius 2 is 2.10 bits per heavy atom. The van der Waals surface area contributed by atoms with E-state index in [0.717, 1.165) is 51.3 Å². The first-order valence-electron chi connectivity index (χ1n) is 7.32. The third-order valence-electron chi connectivity index (χ3n) is 4.68. The van der Waals surface area contributed by atoms with Crippen molar-refractivity contribution in [3.8, 4) is 0 Å². The van der Waals surface area contributed by atoms with Gasteiger partial charge in [0.15, 0.2) is 0 Å². The predicted molar refractivity (Wildman–Crippen MR) is 77.1 cm³/mol. The van der Waals surface area contributed by atoms with Crippen LogP contribution in [0, 0.1) is 0 Å². The van der Waals surface area contributed by atoms with Crippen molar-refractivity contribution in [2.24, 2.45) is 0 Å². The van der Waals surface area contributed by atoms with Crippen LogP contribution in [0.25, 0.3) is 0 Å². The fourth-order valence-electron chi connectivity index (χ4n) is 3.30. The Morgan fingerprint density at radius 1 is 1.30 bits per heavy atom. The number of rotatable bonds is 2. The van der Waals surface area contributed by atoms with Crippen LogP contribution in [0.4, 0.5) is 0 Å². The first-order chi connectivity index (χ1) is 9.71. The molecule has 1 N–H and O–H groups in total. The van der Waals surface area contributed by atoms with E-state index in [1.807, 2.05) is 18.3 Å². The number of carbonyl (C=O) groups excluding carboxylic acids is 1. The zero-order valence-electron chi connectivity index (χ0n) is 12.0. The van der Waals surface area contributed by atoms with Crippen LogP contribution in [-0.2, 0) is 11.3 Å². The van der Waals surface area contributed by atoms with Crippen molar-refractivity contribution in [3.63, 3.8) is 0 Å². The third-order valence-corrected chi connectivity index (χ3v) is 4.68. The average Bonchev–Trinajstić information content (AvgIpc) is 2.48. The summed E-state index contributed by atoms with van der Waals surface area (Å²) in [7, 11) is 2.08. The standard InChI is InChI=1S/C15H22N4O/c1-18-11-8-17-14(20)15(18)5-9-19(10-6-15)12-13-4-2-3-7-16-13/h2-4,7H,5-6,8-12H2,1H3,(H,17,20). The number of amides is 1. The van der Waals surface area contributed by atoms with Crippen LogP contribution in [0.15, 0.2) is 24.4 Å². The van der Waals surface area contributed by atoms with Crippen LogP contribution in [0.2, 0.25) is 0 Å². The van der Waals surface area contributed by atoms with Crippen molar-refractivity contribution in [3.05, 3.63) is 30.1 Å². The van der Waals surface area contributed by atoms with E-state index in [4.69, 9.17) is 0 Å². The monoisotopic (exact) mass is 274 g/mol. The van der Waals surface area contributed by atoms with E-state index in [2.05, 4.69) is 33.2 Å². The van der Waals surface area contributed by atoms with E-state index < -0.39 is 0 Å². The molecule has 1 spiro atoms. The van der Waals surface area contributed by atoms with Gasteiger partial charge < -0.3 is 5.32 Å². The van der Waals surface area contributed by atoms with Crippen molar-refractivity contribution in [1.82, 2.24) is 20.1 Å². The normalized spacial score (nSPS) is 23.8. The third kappa shape index (κ3) is 2.43. The number of likely N-dealkylation sites (N-methyl/N-ethyl adjacent to an activating group) is 1. The molecule has 0 unspecified atom stereocenters. The molecule has 0 radical (unpaired) electrons. The van der Waals surface area contributed by atoms with Gasteiger partial charge in [-0.15, -0.1) is 0 Å². The minimum atomic E-state index is -0.279. The molecule has 0 bridgehead atoms. The van der Waals surface area contributed by atoms with Gasteiger partial charge in [0, 0.05) is 38.9 Å². The molecular weight excluding hydrogens is 252 g/mol. The molecular formula is C15H22N4O. The minimum Gasteiger partial charge on any atom is -0.353 e. The molecule has 1 aromatic heterocycles. The fourth-order valence-corrected chi connectivity index (χ4v) is 3.30. The molecule has 0 saturated carbocycles. The van der Waals surface area contributed by atoms with E-state index in [1.54, 1.807) is 0 Å². The van der Waals surface area contributed by atoms with Gasteiger partial charge in [-0.25, -0.2) is 0 Å². The summed E-state index contributed by atoms with van der Waals surface area (Å²) in [6, 6.07) is 6.02. The molecule has 0 aromatic carbocycles. The molecule has 2 fully saturated rings. The number of piperazine rings is 1. The first kappa shape index (κ1) is 13.5. The van der Waals surface area contributed by atoms with E-state index in [0.29, 0.717) is 0 Å². The number of hydrogen-bond donors (Lipinski definition) is 1. The molecule has 2 aliphatic heterocycles. The lowest BCUT2D eigenvalue weighted by Crippen LogP contribution is -2.66. The Bertz CT molecular complexity index is 468. The van der Waals surface area contributed by atoms with Gasteiger partial charge in [0.25, 0.3) is 0 Å². The average molecular weight is 274 g/mol. The van der Waals surface area contributed by atoms with Crippen LogP contribution >= 0.6 is 0 Å². The number of nitrogens with zero attached hydrogens (tertiary/aromatic N) is 3. The van der Waals surface area contributed by atoms with Crippen LogP contribution in [0.5, 0.6) is 0 Å². The predicted octanol–water partition coefficient (Wildman–Crippen LogP) is 0.478. The summed E-state index contributed by atoms with van der Waals surface area (Å²) >= 11 is 0. The second-order valence-corrected chi connectivity index (χ2v) is 5.81. The van der Waals surface area contributed by atoms with Gasteiger partial charge in [0.1, 0.15) is 5.54 Å². The second-order valence-electron chi connectivity index (χ2n) is 5.81. The lowest BCUT2D eigenvalue weighted by molar-refractivity contribution is -0.140. The van der Waals surface area contributed by atoms with Crippen LogP contribution in [-0.4, -0.2) is 59.5 Å². The molecule has 5 heteroatoms. The largest absolute Gasteiger partial charge is 0.353 e. The molecule has 108 valence electrons. The number of likely N-dealkylation sites (tertiary alicyclic amines) is 1. The summed E-state index contributed by atoms with van der Waals surface area (Å²) in [5.41, 5.74) is 0.823. The zero-order chi connectivity index (χ0) is 14.0. The second kappa shape index (κ2) is 5.50. The van der Waals surface area contributed by atoms with Crippen molar-refractivity contribution in [2.45, 2.75) is 24.9 Å². The lowest BCUT2D eigenvalue weighted by Gasteiger charge is -2.48.